The number of hydrogen-bond acceptors (Lipinski definition) is 2. The lowest BCUT2D eigenvalue weighted by Crippen LogP contribution is -1.90. The van der Waals surface area contributed by atoms with Crippen LogP contribution >= 0.6 is 31.9 Å². The molecular weight excluding hydrogens is 348 g/mol. The SMILES string of the molecule is O=Cc1cc(Br)ccc1Oc1ccc(Br)cc1. The molecule has 2 nitrogen and oxygen atoms in total. The van der Waals surface area contributed by atoms with Crippen molar-refractivity contribution in [1.82, 2.24) is 0 Å². The number of hydrogen-bond donors (Lipinski definition) is 0. The summed E-state index contributed by atoms with van der Waals surface area (Å²) in [4.78, 5) is 10.9. The van der Waals surface area contributed by atoms with Crippen LogP contribution in [0.2, 0.25) is 0 Å². The van der Waals surface area contributed by atoms with E-state index in [9.17, 15) is 4.79 Å². The van der Waals surface area contributed by atoms with Gasteiger partial charge in [-0.25, -0.2) is 0 Å². The van der Waals surface area contributed by atoms with E-state index in [2.05, 4.69) is 31.9 Å². The summed E-state index contributed by atoms with van der Waals surface area (Å²) < 4.78 is 7.47. The molecule has 2 aromatic carbocycles. The van der Waals surface area contributed by atoms with Gasteiger partial charge in [-0.2, -0.15) is 0 Å². The van der Waals surface area contributed by atoms with Crippen LogP contribution in [0.15, 0.2) is 51.4 Å². The maximum absolute atomic E-state index is 10.9. The van der Waals surface area contributed by atoms with Crippen molar-refractivity contribution in [3.8, 4) is 11.5 Å². The van der Waals surface area contributed by atoms with Crippen molar-refractivity contribution in [2.45, 2.75) is 0 Å². The van der Waals surface area contributed by atoms with E-state index in [1.54, 1.807) is 12.1 Å². The minimum atomic E-state index is 0.516. The highest BCUT2D eigenvalue weighted by Gasteiger charge is 2.04. The average Bonchev–Trinajstić information content (AvgIpc) is 2.34. The van der Waals surface area contributed by atoms with Crippen molar-refractivity contribution in [2.75, 3.05) is 0 Å². The summed E-state index contributed by atoms with van der Waals surface area (Å²) in [6.07, 6.45) is 0.777. The van der Waals surface area contributed by atoms with Crippen LogP contribution in [0.4, 0.5) is 0 Å². The topological polar surface area (TPSA) is 26.3 Å². The highest BCUT2D eigenvalue weighted by Crippen LogP contribution is 2.27. The minimum absolute atomic E-state index is 0.516. The van der Waals surface area contributed by atoms with Gasteiger partial charge in [-0.1, -0.05) is 31.9 Å². The summed E-state index contributed by atoms with van der Waals surface area (Å²) in [7, 11) is 0. The van der Waals surface area contributed by atoms with Gasteiger partial charge < -0.3 is 4.74 Å². The molecule has 0 atom stereocenters. The molecule has 0 saturated carbocycles. The lowest BCUT2D eigenvalue weighted by atomic mass is 10.2. The Hall–Kier alpha value is -1.13. The van der Waals surface area contributed by atoms with Crippen LogP contribution < -0.4 is 4.74 Å². The number of carbonyl (C=O) groups is 1. The third kappa shape index (κ3) is 3.17. The first-order valence-electron chi connectivity index (χ1n) is 4.87. The Balaban J connectivity index is 2.29. The van der Waals surface area contributed by atoms with Crippen LogP contribution in [-0.4, -0.2) is 6.29 Å². The molecule has 0 fully saturated rings. The molecule has 0 amide bonds. The number of ether oxygens (including phenoxy) is 1. The van der Waals surface area contributed by atoms with Crippen molar-refractivity contribution in [1.29, 1.82) is 0 Å². The molecule has 0 aliphatic carbocycles. The lowest BCUT2D eigenvalue weighted by molar-refractivity contribution is 0.112. The zero-order chi connectivity index (χ0) is 12.3. The van der Waals surface area contributed by atoms with Gasteiger partial charge in [0.15, 0.2) is 6.29 Å². The molecular formula is C13H8Br2O2. The molecule has 4 heteroatoms. The van der Waals surface area contributed by atoms with E-state index in [-0.39, 0.29) is 0 Å². The molecule has 86 valence electrons. The van der Waals surface area contributed by atoms with Gasteiger partial charge in [0.25, 0.3) is 0 Å². The zero-order valence-electron chi connectivity index (χ0n) is 8.69. The smallest absolute Gasteiger partial charge is 0.153 e. The van der Waals surface area contributed by atoms with E-state index in [0.717, 1.165) is 15.2 Å². The van der Waals surface area contributed by atoms with Crippen LogP contribution in [0.1, 0.15) is 10.4 Å². The predicted octanol–water partition coefficient (Wildman–Crippen LogP) is 4.82. The second-order valence-electron chi connectivity index (χ2n) is 3.36. The fraction of sp³-hybridized carbons (Fsp3) is 0. The number of benzene rings is 2. The van der Waals surface area contributed by atoms with Crippen molar-refractivity contribution in [3.63, 3.8) is 0 Å². The Bertz CT molecular complexity index is 536. The standard InChI is InChI=1S/C13H8Br2O2/c14-10-1-4-12(5-2-10)17-13-6-3-11(15)7-9(13)8-16/h1-8H. The second kappa shape index (κ2) is 5.47. The molecule has 0 radical (unpaired) electrons. The Morgan fingerprint density at radius 2 is 1.59 bits per heavy atom. The van der Waals surface area contributed by atoms with Crippen LogP contribution in [-0.2, 0) is 0 Å². The quantitative estimate of drug-likeness (QED) is 0.738. The minimum Gasteiger partial charge on any atom is -0.457 e. The normalized spacial score (nSPS) is 10.0. The molecule has 2 rings (SSSR count). The van der Waals surface area contributed by atoms with Crippen LogP contribution in [0.5, 0.6) is 11.5 Å². The fourth-order valence-electron chi connectivity index (χ4n) is 1.33. The van der Waals surface area contributed by atoms with Crippen molar-refractivity contribution < 1.29 is 9.53 Å². The average molecular weight is 356 g/mol. The Morgan fingerprint density at radius 1 is 0.941 bits per heavy atom. The molecule has 0 saturated heterocycles. The van der Waals surface area contributed by atoms with Crippen LogP contribution in [0.3, 0.4) is 0 Å². The zero-order valence-corrected chi connectivity index (χ0v) is 11.9. The van der Waals surface area contributed by atoms with E-state index in [1.165, 1.54) is 0 Å². The number of rotatable bonds is 3. The van der Waals surface area contributed by atoms with E-state index in [4.69, 9.17) is 4.74 Å². The first-order chi connectivity index (χ1) is 8.19. The van der Waals surface area contributed by atoms with Gasteiger partial charge in [-0.3, -0.25) is 4.79 Å². The van der Waals surface area contributed by atoms with Gasteiger partial charge in [0, 0.05) is 8.95 Å². The Kier molecular flexibility index (Phi) is 3.97. The molecule has 0 N–H and O–H groups in total. The summed E-state index contributed by atoms with van der Waals surface area (Å²) >= 11 is 6.66. The van der Waals surface area contributed by atoms with Gasteiger partial charge in [0.1, 0.15) is 11.5 Å². The monoisotopic (exact) mass is 354 g/mol. The number of aldehydes is 1. The highest BCUT2D eigenvalue weighted by molar-refractivity contribution is 9.10. The fourth-order valence-corrected chi connectivity index (χ4v) is 1.98. The van der Waals surface area contributed by atoms with E-state index in [1.807, 2.05) is 30.3 Å². The molecule has 0 unspecified atom stereocenters. The van der Waals surface area contributed by atoms with Crippen molar-refractivity contribution in [3.05, 3.63) is 57.0 Å². The van der Waals surface area contributed by atoms with Crippen molar-refractivity contribution >= 4 is 38.1 Å². The van der Waals surface area contributed by atoms with Crippen LogP contribution in [0, 0.1) is 0 Å². The van der Waals surface area contributed by atoms with Gasteiger partial charge >= 0.3 is 0 Å². The Labute approximate surface area is 116 Å². The molecule has 2 aromatic rings. The molecule has 0 aliphatic heterocycles. The Morgan fingerprint density at radius 3 is 2.24 bits per heavy atom. The number of carbonyl (C=O) groups excluding carboxylic acids is 1. The summed E-state index contributed by atoms with van der Waals surface area (Å²) in [5, 5.41) is 0. The third-order valence-electron chi connectivity index (χ3n) is 2.14. The highest BCUT2D eigenvalue weighted by atomic mass is 79.9. The summed E-state index contributed by atoms with van der Waals surface area (Å²) in [5.74, 6) is 1.24. The third-order valence-corrected chi connectivity index (χ3v) is 3.16. The van der Waals surface area contributed by atoms with Crippen molar-refractivity contribution in [2.24, 2.45) is 0 Å². The largest absolute Gasteiger partial charge is 0.457 e. The maximum atomic E-state index is 10.9. The first-order valence-corrected chi connectivity index (χ1v) is 6.46. The molecule has 17 heavy (non-hydrogen) atoms. The number of halogens is 2. The lowest BCUT2D eigenvalue weighted by Gasteiger charge is -2.08. The molecule has 0 aromatic heterocycles. The van der Waals surface area contributed by atoms with Crippen LogP contribution in [0.25, 0.3) is 0 Å². The summed E-state index contributed by atoms with van der Waals surface area (Å²) in [6.45, 7) is 0. The van der Waals surface area contributed by atoms with Gasteiger partial charge in [-0.15, -0.1) is 0 Å². The molecule has 0 spiro atoms. The molecule has 0 bridgehead atoms. The van der Waals surface area contributed by atoms with E-state index < -0.39 is 0 Å². The predicted molar refractivity (Wildman–Crippen MR) is 73.7 cm³/mol. The van der Waals surface area contributed by atoms with Gasteiger partial charge in [0.2, 0.25) is 0 Å². The van der Waals surface area contributed by atoms with Gasteiger partial charge in [0.05, 0.1) is 5.56 Å². The first kappa shape index (κ1) is 12.3. The second-order valence-corrected chi connectivity index (χ2v) is 5.19. The molecule has 0 aliphatic rings. The van der Waals surface area contributed by atoms with Gasteiger partial charge in [-0.05, 0) is 42.5 Å². The van der Waals surface area contributed by atoms with E-state index in [0.29, 0.717) is 17.1 Å². The maximum Gasteiger partial charge on any atom is 0.153 e. The summed E-state index contributed by atoms with van der Waals surface area (Å²) in [5.41, 5.74) is 0.516. The van der Waals surface area contributed by atoms with E-state index >= 15 is 0 Å². The summed E-state index contributed by atoms with van der Waals surface area (Å²) in [6, 6.07) is 12.8. The molecule has 0 heterocycles.